The lowest BCUT2D eigenvalue weighted by molar-refractivity contribution is -0.137. The van der Waals surface area contributed by atoms with Crippen LogP contribution in [0.15, 0.2) is 29.2 Å². The lowest BCUT2D eigenvalue weighted by Crippen LogP contribution is -2.48. The topological polar surface area (TPSA) is 89.3 Å². The fourth-order valence-electron chi connectivity index (χ4n) is 1.77. The van der Waals surface area contributed by atoms with E-state index in [0.717, 1.165) is 18.2 Å². The maximum absolute atomic E-state index is 12.6. The summed E-state index contributed by atoms with van der Waals surface area (Å²) in [5.74, 6) is -1.28. The Morgan fingerprint density at radius 2 is 1.95 bits per heavy atom. The number of carbonyl (C=O) groups is 1. The van der Waals surface area contributed by atoms with E-state index in [2.05, 4.69) is 4.72 Å². The number of nitrogens with two attached hydrogens (primary N) is 1. The molecule has 0 aliphatic heterocycles. The van der Waals surface area contributed by atoms with Gasteiger partial charge in [-0.3, -0.25) is 4.79 Å². The van der Waals surface area contributed by atoms with Gasteiger partial charge in [0.2, 0.25) is 15.9 Å². The number of carbonyl (C=O) groups excluding carboxylic acids is 1. The van der Waals surface area contributed by atoms with Crippen molar-refractivity contribution in [1.82, 2.24) is 4.72 Å². The van der Waals surface area contributed by atoms with Crippen molar-refractivity contribution in [1.29, 1.82) is 0 Å². The monoisotopic (exact) mass is 338 g/mol. The van der Waals surface area contributed by atoms with Crippen LogP contribution in [-0.4, -0.2) is 20.4 Å². The molecule has 0 aliphatic rings. The molecule has 5 nitrogen and oxygen atoms in total. The van der Waals surface area contributed by atoms with E-state index in [1.165, 1.54) is 0 Å². The summed E-state index contributed by atoms with van der Waals surface area (Å²) in [6, 6.07) is 2.09. The van der Waals surface area contributed by atoms with Gasteiger partial charge in [-0.25, -0.2) is 8.42 Å². The van der Waals surface area contributed by atoms with Crippen LogP contribution in [0, 0.1) is 5.92 Å². The molecule has 0 radical (unpaired) electrons. The SMILES string of the molecule is CCC(C)C(NS(=O)(=O)c1cccc(C(F)(F)F)c1)C(N)=O. The standard InChI is InChI=1S/C13H17F3N2O3S/c1-3-8(2)11(12(17)19)18-22(20,21)10-6-4-5-9(7-10)13(14,15)16/h4-8,11,18H,3H2,1-2H3,(H2,17,19). The van der Waals surface area contributed by atoms with Crippen molar-refractivity contribution < 1.29 is 26.4 Å². The molecule has 0 saturated heterocycles. The van der Waals surface area contributed by atoms with Gasteiger partial charge in [0, 0.05) is 0 Å². The first kappa shape index (κ1) is 18.4. The van der Waals surface area contributed by atoms with Gasteiger partial charge in [0.25, 0.3) is 0 Å². The van der Waals surface area contributed by atoms with Gasteiger partial charge in [-0.2, -0.15) is 17.9 Å². The van der Waals surface area contributed by atoms with Crippen LogP contribution in [0.1, 0.15) is 25.8 Å². The van der Waals surface area contributed by atoms with Crippen molar-refractivity contribution in [3.8, 4) is 0 Å². The fraction of sp³-hybridized carbons (Fsp3) is 0.462. The highest BCUT2D eigenvalue weighted by molar-refractivity contribution is 7.89. The molecule has 0 bridgehead atoms. The summed E-state index contributed by atoms with van der Waals surface area (Å²) in [5.41, 5.74) is 4.06. The van der Waals surface area contributed by atoms with Crippen molar-refractivity contribution in [2.75, 3.05) is 0 Å². The van der Waals surface area contributed by atoms with Gasteiger partial charge in [-0.1, -0.05) is 26.3 Å². The summed E-state index contributed by atoms with van der Waals surface area (Å²) in [5, 5.41) is 0. The smallest absolute Gasteiger partial charge is 0.368 e. The van der Waals surface area contributed by atoms with Gasteiger partial charge in [0.05, 0.1) is 10.5 Å². The first-order chi connectivity index (χ1) is 9.99. The molecule has 0 spiro atoms. The molecule has 22 heavy (non-hydrogen) atoms. The normalized spacial score (nSPS) is 15.3. The largest absolute Gasteiger partial charge is 0.416 e. The maximum Gasteiger partial charge on any atom is 0.416 e. The average molecular weight is 338 g/mol. The number of hydrogen-bond donors (Lipinski definition) is 2. The van der Waals surface area contributed by atoms with Crippen molar-refractivity contribution in [2.24, 2.45) is 11.7 Å². The molecule has 1 rings (SSSR count). The zero-order valence-electron chi connectivity index (χ0n) is 12.0. The Kier molecular flexibility index (Phi) is 5.58. The number of halogens is 3. The zero-order valence-corrected chi connectivity index (χ0v) is 12.8. The Balaban J connectivity index is 3.16. The number of amides is 1. The zero-order chi connectivity index (χ0) is 17.1. The van der Waals surface area contributed by atoms with Crippen LogP contribution in [0.5, 0.6) is 0 Å². The second-order valence-electron chi connectivity index (χ2n) is 4.91. The lowest BCUT2D eigenvalue weighted by Gasteiger charge is -2.21. The Bertz CT molecular complexity index is 644. The molecular weight excluding hydrogens is 321 g/mol. The molecule has 3 N–H and O–H groups in total. The quantitative estimate of drug-likeness (QED) is 0.830. The third-order valence-electron chi connectivity index (χ3n) is 3.27. The summed E-state index contributed by atoms with van der Waals surface area (Å²) >= 11 is 0. The van der Waals surface area contributed by atoms with Crippen LogP contribution in [0.2, 0.25) is 0 Å². The summed E-state index contributed by atoms with van der Waals surface area (Å²) in [6.07, 6.45) is -4.19. The summed E-state index contributed by atoms with van der Waals surface area (Å²) in [7, 11) is -4.29. The number of hydrogen-bond acceptors (Lipinski definition) is 3. The van der Waals surface area contributed by atoms with Crippen molar-refractivity contribution in [3.05, 3.63) is 29.8 Å². The Morgan fingerprint density at radius 3 is 2.41 bits per heavy atom. The van der Waals surface area contributed by atoms with E-state index < -0.39 is 44.5 Å². The molecule has 2 atom stereocenters. The van der Waals surface area contributed by atoms with Gasteiger partial charge in [0.15, 0.2) is 0 Å². The minimum atomic E-state index is -4.66. The van der Waals surface area contributed by atoms with E-state index in [9.17, 15) is 26.4 Å². The number of primary amides is 1. The minimum absolute atomic E-state index is 0.391. The molecule has 2 unspecified atom stereocenters. The van der Waals surface area contributed by atoms with E-state index >= 15 is 0 Å². The number of sulfonamides is 1. The first-order valence-electron chi connectivity index (χ1n) is 6.48. The fourth-order valence-corrected chi connectivity index (χ4v) is 3.12. The predicted octanol–water partition coefficient (Wildman–Crippen LogP) is 1.88. The van der Waals surface area contributed by atoms with Gasteiger partial charge < -0.3 is 5.73 Å². The molecular formula is C13H17F3N2O3S. The molecule has 0 saturated carbocycles. The molecule has 0 fully saturated rings. The maximum atomic E-state index is 12.6. The highest BCUT2D eigenvalue weighted by atomic mass is 32.2. The number of benzene rings is 1. The van der Waals surface area contributed by atoms with Crippen LogP contribution in [0.25, 0.3) is 0 Å². The number of rotatable bonds is 6. The van der Waals surface area contributed by atoms with Crippen LogP contribution in [0.3, 0.4) is 0 Å². The van der Waals surface area contributed by atoms with Gasteiger partial charge in [-0.05, 0) is 24.1 Å². The molecule has 0 aromatic heterocycles. The predicted molar refractivity (Wildman–Crippen MR) is 74.2 cm³/mol. The van der Waals surface area contributed by atoms with Crippen molar-refractivity contribution in [2.45, 2.75) is 37.4 Å². The van der Waals surface area contributed by atoms with E-state index in [4.69, 9.17) is 5.73 Å². The molecule has 1 amide bonds. The molecule has 9 heteroatoms. The third-order valence-corrected chi connectivity index (χ3v) is 4.71. The molecule has 0 aliphatic carbocycles. The molecule has 1 aromatic carbocycles. The average Bonchev–Trinajstić information content (AvgIpc) is 2.43. The van der Waals surface area contributed by atoms with Crippen LogP contribution < -0.4 is 10.5 Å². The summed E-state index contributed by atoms with van der Waals surface area (Å²) < 4.78 is 64.3. The second-order valence-corrected chi connectivity index (χ2v) is 6.63. The Hall–Kier alpha value is -1.61. The molecule has 124 valence electrons. The third kappa shape index (κ3) is 4.44. The molecule has 0 heterocycles. The minimum Gasteiger partial charge on any atom is -0.368 e. The van der Waals surface area contributed by atoms with Gasteiger partial charge in [-0.15, -0.1) is 0 Å². The van der Waals surface area contributed by atoms with Gasteiger partial charge in [0.1, 0.15) is 6.04 Å². The summed E-state index contributed by atoms with van der Waals surface area (Å²) in [6.45, 7) is 3.35. The van der Waals surface area contributed by atoms with Crippen molar-refractivity contribution in [3.63, 3.8) is 0 Å². The van der Waals surface area contributed by atoms with E-state index in [0.29, 0.717) is 12.5 Å². The van der Waals surface area contributed by atoms with Crippen LogP contribution >= 0.6 is 0 Å². The van der Waals surface area contributed by atoms with Crippen LogP contribution in [-0.2, 0) is 21.0 Å². The molecule has 1 aromatic rings. The van der Waals surface area contributed by atoms with E-state index in [-0.39, 0.29) is 0 Å². The first-order valence-corrected chi connectivity index (χ1v) is 7.96. The number of nitrogens with one attached hydrogen (secondary N) is 1. The summed E-state index contributed by atoms with van der Waals surface area (Å²) in [4.78, 5) is 10.8. The highest BCUT2D eigenvalue weighted by Gasteiger charge is 2.33. The van der Waals surface area contributed by atoms with Crippen LogP contribution in [0.4, 0.5) is 13.2 Å². The lowest BCUT2D eigenvalue weighted by atomic mass is 10.00. The van der Waals surface area contributed by atoms with Gasteiger partial charge >= 0.3 is 6.18 Å². The Labute approximate surface area is 126 Å². The second kappa shape index (κ2) is 6.66. The van der Waals surface area contributed by atoms with E-state index in [1.54, 1.807) is 13.8 Å². The van der Waals surface area contributed by atoms with Crippen molar-refractivity contribution >= 4 is 15.9 Å². The Morgan fingerprint density at radius 1 is 1.36 bits per heavy atom. The number of alkyl halides is 3. The highest BCUT2D eigenvalue weighted by Crippen LogP contribution is 2.30. The van der Waals surface area contributed by atoms with E-state index in [1.807, 2.05) is 0 Å².